The number of nitro benzene ring substituents is 1. The molecule has 0 aliphatic carbocycles. The van der Waals surface area contributed by atoms with Crippen molar-refractivity contribution in [3.63, 3.8) is 0 Å². The lowest BCUT2D eigenvalue weighted by Gasteiger charge is -2.12. The number of nitrogens with zero attached hydrogens (tertiary/aromatic N) is 1. The standard InChI is InChI=1S/C19H29N3O10/c1-29-16-11-14(13-24)15(22(27)28)12-17(16)31-7-2-3-18(25)20-4-5-21-19(26)32-10-9-30-8-6-23/h11-12,23-24H,2-10,13H2,1H3,(H,20,25)(H,21,26). The maximum absolute atomic E-state index is 11.8. The van der Waals surface area contributed by atoms with E-state index in [-0.39, 0.29) is 81.2 Å². The summed E-state index contributed by atoms with van der Waals surface area (Å²) in [5.74, 6) is 0.123. The van der Waals surface area contributed by atoms with Crippen molar-refractivity contribution in [2.75, 3.05) is 53.2 Å². The van der Waals surface area contributed by atoms with E-state index in [1.165, 1.54) is 19.2 Å². The number of methoxy groups -OCH3 is 1. The largest absolute Gasteiger partial charge is 0.493 e. The predicted molar refractivity (Wildman–Crippen MR) is 111 cm³/mol. The fourth-order valence-electron chi connectivity index (χ4n) is 2.44. The molecule has 0 fully saturated rings. The number of nitro groups is 1. The van der Waals surface area contributed by atoms with Crippen molar-refractivity contribution in [2.45, 2.75) is 19.4 Å². The van der Waals surface area contributed by atoms with E-state index in [0.717, 1.165) is 0 Å². The van der Waals surface area contributed by atoms with Crippen LogP contribution in [0.15, 0.2) is 12.1 Å². The molecule has 0 saturated heterocycles. The summed E-state index contributed by atoms with van der Waals surface area (Å²) in [5.41, 5.74) is -0.184. The van der Waals surface area contributed by atoms with E-state index >= 15 is 0 Å². The Hall–Kier alpha value is -3.16. The number of carbonyl (C=O) groups is 2. The molecule has 0 atom stereocenters. The highest BCUT2D eigenvalue weighted by Crippen LogP contribution is 2.34. The van der Waals surface area contributed by atoms with Crippen molar-refractivity contribution < 1.29 is 43.7 Å². The van der Waals surface area contributed by atoms with Gasteiger partial charge in [0.2, 0.25) is 5.91 Å². The molecule has 0 spiro atoms. The molecule has 0 aromatic heterocycles. The van der Waals surface area contributed by atoms with Gasteiger partial charge in [-0.25, -0.2) is 4.79 Å². The molecule has 180 valence electrons. The highest BCUT2D eigenvalue weighted by atomic mass is 16.6. The average Bonchev–Trinajstić information content (AvgIpc) is 2.78. The SMILES string of the molecule is COc1cc(CO)c([N+](=O)[O-])cc1OCCCC(=O)NCCNC(=O)OCCOCCO. The zero-order valence-corrected chi connectivity index (χ0v) is 17.8. The van der Waals surface area contributed by atoms with Gasteiger partial charge >= 0.3 is 6.09 Å². The molecule has 13 nitrogen and oxygen atoms in total. The molecule has 0 aliphatic heterocycles. The van der Waals surface area contributed by atoms with Crippen LogP contribution in [0.4, 0.5) is 10.5 Å². The first-order valence-corrected chi connectivity index (χ1v) is 9.87. The quantitative estimate of drug-likeness (QED) is 0.151. The summed E-state index contributed by atoms with van der Waals surface area (Å²) in [5, 5.41) is 34.0. The van der Waals surface area contributed by atoms with Crippen molar-refractivity contribution in [1.82, 2.24) is 10.6 Å². The molecule has 4 N–H and O–H groups in total. The molecule has 0 unspecified atom stereocenters. The van der Waals surface area contributed by atoms with Gasteiger partial charge in [0.05, 0.1) is 56.7 Å². The van der Waals surface area contributed by atoms with E-state index in [1.807, 2.05) is 0 Å². The lowest BCUT2D eigenvalue weighted by atomic mass is 10.1. The lowest BCUT2D eigenvalue weighted by molar-refractivity contribution is -0.385. The topological polar surface area (TPSA) is 179 Å². The molecule has 0 heterocycles. The van der Waals surface area contributed by atoms with Gasteiger partial charge in [0.15, 0.2) is 11.5 Å². The summed E-state index contributed by atoms with van der Waals surface area (Å²) in [7, 11) is 1.37. The monoisotopic (exact) mass is 459 g/mol. The van der Waals surface area contributed by atoms with Crippen LogP contribution in [0.2, 0.25) is 0 Å². The summed E-state index contributed by atoms with van der Waals surface area (Å²) in [6, 6.07) is 2.51. The summed E-state index contributed by atoms with van der Waals surface area (Å²) in [6.07, 6.45) is -0.157. The Balaban J connectivity index is 2.25. The minimum absolute atomic E-state index is 0.0505. The minimum Gasteiger partial charge on any atom is -0.493 e. The third-order valence-corrected chi connectivity index (χ3v) is 3.95. The average molecular weight is 459 g/mol. The van der Waals surface area contributed by atoms with Crippen molar-refractivity contribution in [3.05, 3.63) is 27.8 Å². The smallest absolute Gasteiger partial charge is 0.407 e. The van der Waals surface area contributed by atoms with Crippen LogP contribution >= 0.6 is 0 Å². The number of alkyl carbamates (subject to hydrolysis) is 1. The molecule has 32 heavy (non-hydrogen) atoms. The maximum atomic E-state index is 11.8. The number of benzene rings is 1. The van der Waals surface area contributed by atoms with E-state index in [0.29, 0.717) is 6.42 Å². The Labute approximate surface area is 184 Å². The Morgan fingerprint density at radius 3 is 2.47 bits per heavy atom. The maximum Gasteiger partial charge on any atom is 0.407 e. The minimum atomic E-state index is -0.643. The number of hydrogen-bond donors (Lipinski definition) is 4. The first-order valence-electron chi connectivity index (χ1n) is 9.87. The van der Waals surface area contributed by atoms with Crippen LogP contribution in [-0.2, 0) is 20.9 Å². The lowest BCUT2D eigenvalue weighted by Crippen LogP contribution is -2.35. The molecular weight excluding hydrogens is 430 g/mol. The summed E-state index contributed by atoms with van der Waals surface area (Å²) >= 11 is 0. The summed E-state index contributed by atoms with van der Waals surface area (Å²) in [4.78, 5) is 33.7. The normalized spacial score (nSPS) is 10.3. The van der Waals surface area contributed by atoms with Crippen LogP contribution in [0.5, 0.6) is 11.5 Å². The fraction of sp³-hybridized carbons (Fsp3) is 0.579. The molecule has 1 rings (SSSR count). The van der Waals surface area contributed by atoms with E-state index in [9.17, 15) is 24.8 Å². The number of amides is 2. The number of hydrogen-bond acceptors (Lipinski definition) is 10. The van der Waals surface area contributed by atoms with Crippen molar-refractivity contribution >= 4 is 17.7 Å². The zero-order chi connectivity index (χ0) is 23.8. The molecule has 1 aromatic rings. The molecule has 0 aliphatic rings. The highest BCUT2D eigenvalue weighted by molar-refractivity contribution is 5.75. The van der Waals surface area contributed by atoms with Crippen molar-refractivity contribution in [3.8, 4) is 11.5 Å². The number of aliphatic hydroxyl groups excluding tert-OH is 2. The Bertz CT molecular complexity index is 744. The summed E-state index contributed by atoms with van der Waals surface area (Å²) in [6.45, 7) is 0.278. The fourth-order valence-corrected chi connectivity index (χ4v) is 2.44. The van der Waals surface area contributed by atoms with Crippen LogP contribution in [0, 0.1) is 10.1 Å². The second kappa shape index (κ2) is 15.6. The molecule has 1 aromatic carbocycles. The second-order valence-electron chi connectivity index (χ2n) is 6.25. The van der Waals surface area contributed by atoms with Crippen molar-refractivity contribution in [1.29, 1.82) is 0 Å². The highest BCUT2D eigenvalue weighted by Gasteiger charge is 2.19. The molecule has 13 heteroatoms. The summed E-state index contributed by atoms with van der Waals surface area (Å²) < 4.78 is 20.4. The van der Waals surface area contributed by atoms with E-state index in [2.05, 4.69) is 10.6 Å². The van der Waals surface area contributed by atoms with Gasteiger partial charge in [-0.1, -0.05) is 0 Å². The van der Waals surface area contributed by atoms with E-state index in [4.69, 9.17) is 24.1 Å². The third-order valence-electron chi connectivity index (χ3n) is 3.95. The van der Waals surface area contributed by atoms with Gasteiger partial charge in [-0.05, 0) is 12.5 Å². The van der Waals surface area contributed by atoms with Crippen LogP contribution in [0.3, 0.4) is 0 Å². The van der Waals surface area contributed by atoms with Gasteiger partial charge < -0.3 is 39.8 Å². The Kier molecular flexibility index (Phi) is 13.1. The van der Waals surface area contributed by atoms with E-state index < -0.39 is 17.6 Å². The molecule has 0 saturated carbocycles. The molecular formula is C19H29N3O10. The van der Waals surface area contributed by atoms with Gasteiger partial charge in [0.1, 0.15) is 6.61 Å². The Morgan fingerprint density at radius 1 is 1.06 bits per heavy atom. The number of rotatable bonds is 16. The molecule has 2 amide bonds. The van der Waals surface area contributed by atoms with Crippen LogP contribution in [0.1, 0.15) is 18.4 Å². The molecule has 0 bridgehead atoms. The van der Waals surface area contributed by atoms with Gasteiger partial charge in [-0.2, -0.15) is 0 Å². The van der Waals surface area contributed by atoms with Gasteiger partial charge in [-0.3, -0.25) is 14.9 Å². The van der Waals surface area contributed by atoms with Crippen LogP contribution in [-0.4, -0.2) is 80.4 Å². The number of nitrogens with one attached hydrogen (secondary N) is 2. The number of carbonyl (C=O) groups excluding carboxylic acids is 2. The zero-order valence-electron chi connectivity index (χ0n) is 17.8. The third kappa shape index (κ3) is 10.2. The van der Waals surface area contributed by atoms with E-state index in [1.54, 1.807) is 0 Å². The van der Waals surface area contributed by atoms with Crippen molar-refractivity contribution in [2.24, 2.45) is 0 Å². The molecule has 0 radical (unpaired) electrons. The number of ether oxygens (including phenoxy) is 4. The van der Waals surface area contributed by atoms with Crippen LogP contribution < -0.4 is 20.1 Å². The van der Waals surface area contributed by atoms with Gasteiger partial charge in [0, 0.05) is 19.5 Å². The van der Waals surface area contributed by atoms with Gasteiger partial charge in [-0.15, -0.1) is 0 Å². The number of aliphatic hydroxyl groups is 2. The Morgan fingerprint density at radius 2 is 1.81 bits per heavy atom. The van der Waals surface area contributed by atoms with Gasteiger partial charge in [0.25, 0.3) is 5.69 Å². The first kappa shape index (κ1) is 26.9. The second-order valence-corrected chi connectivity index (χ2v) is 6.25. The first-order chi connectivity index (χ1) is 15.4. The predicted octanol–water partition coefficient (Wildman–Crippen LogP) is 0.106. The van der Waals surface area contributed by atoms with Crippen LogP contribution in [0.25, 0.3) is 0 Å².